The number of hydrogen-bond donors (Lipinski definition) is 1. The van der Waals surface area contributed by atoms with Gasteiger partial charge in [0, 0.05) is 49.0 Å². The van der Waals surface area contributed by atoms with E-state index in [1.807, 2.05) is 18.2 Å². The normalized spacial score (nSPS) is 21.1. The Kier molecular flexibility index (Phi) is 8.18. The van der Waals surface area contributed by atoms with E-state index in [1.165, 1.54) is 10.5 Å². The van der Waals surface area contributed by atoms with Crippen molar-refractivity contribution < 1.29 is 28.7 Å². The van der Waals surface area contributed by atoms with E-state index >= 15 is 0 Å². The molecule has 41 heavy (non-hydrogen) atoms. The number of carbonyl (C=O) groups excluding carboxylic acids is 4. The molecule has 9 heteroatoms. The number of ketones is 1. The molecule has 2 heterocycles. The molecule has 3 aliphatic rings. The maximum Gasteiger partial charge on any atom is 0.329 e. The van der Waals surface area contributed by atoms with Crippen LogP contribution in [0.15, 0.2) is 42.5 Å². The molecule has 0 aromatic heterocycles. The average molecular weight is 562 g/mol. The third-order valence-corrected chi connectivity index (χ3v) is 8.12. The number of fused-ring (bicyclic) bond motifs is 3. The van der Waals surface area contributed by atoms with Crippen molar-refractivity contribution in [1.29, 1.82) is 0 Å². The first kappa shape index (κ1) is 28.8. The van der Waals surface area contributed by atoms with Crippen molar-refractivity contribution in [2.24, 2.45) is 17.6 Å². The van der Waals surface area contributed by atoms with Gasteiger partial charge in [-0.15, -0.1) is 0 Å². The lowest BCUT2D eigenvalue weighted by atomic mass is 9.96. The summed E-state index contributed by atoms with van der Waals surface area (Å²) in [7, 11) is 0. The van der Waals surface area contributed by atoms with Crippen molar-refractivity contribution in [2.45, 2.75) is 77.8 Å². The Balaban J connectivity index is 1.23. The van der Waals surface area contributed by atoms with E-state index in [-0.39, 0.29) is 37.1 Å². The Labute approximate surface area is 241 Å². The molecule has 9 nitrogen and oxygen atoms in total. The predicted octanol–water partition coefficient (Wildman–Crippen LogP) is 3.61. The summed E-state index contributed by atoms with van der Waals surface area (Å²) < 4.78 is 11.7. The van der Waals surface area contributed by atoms with E-state index in [1.54, 1.807) is 32.9 Å². The number of hydrogen-bond acceptors (Lipinski definition) is 7. The SMILES string of the molecule is CC(C)(C)OC(=O)C(CCC(N)=O)N1Cc2c(OCc3ccc(CN4CC5CCC(C4)C5=O)cc3)cccc2C1=O. The predicted molar refractivity (Wildman–Crippen MR) is 152 cm³/mol. The molecule has 5 rings (SSSR count). The summed E-state index contributed by atoms with van der Waals surface area (Å²) in [6.07, 6.45) is 2.09. The van der Waals surface area contributed by atoms with Crippen LogP contribution in [0, 0.1) is 11.8 Å². The van der Waals surface area contributed by atoms with Crippen molar-refractivity contribution in [3.8, 4) is 5.75 Å². The van der Waals surface area contributed by atoms with Crippen molar-refractivity contribution >= 4 is 23.6 Å². The Morgan fingerprint density at radius 2 is 1.66 bits per heavy atom. The summed E-state index contributed by atoms with van der Waals surface area (Å²) in [5.74, 6) is 0.0367. The molecule has 1 saturated heterocycles. The Morgan fingerprint density at radius 3 is 2.29 bits per heavy atom. The minimum Gasteiger partial charge on any atom is -0.489 e. The third-order valence-electron chi connectivity index (χ3n) is 8.12. The zero-order chi connectivity index (χ0) is 29.3. The molecule has 218 valence electrons. The van der Waals surface area contributed by atoms with Crippen molar-refractivity contribution in [3.05, 3.63) is 64.7 Å². The number of amides is 2. The van der Waals surface area contributed by atoms with Gasteiger partial charge in [0.05, 0.1) is 6.54 Å². The largest absolute Gasteiger partial charge is 0.489 e. The number of nitrogens with two attached hydrogens (primary N) is 1. The van der Waals surface area contributed by atoms with Gasteiger partial charge in [-0.1, -0.05) is 30.3 Å². The van der Waals surface area contributed by atoms with Gasteiger partial charge in [0.1, 0.15) is 29.8 Å². The van der Waals surface area contributed by atoms with Crippen molar-refractivity contribution in [2.75, 3.05) is 13.1 Å². The van der Waals surface area contributed by atoms with Gasteiger partial charge in [0.2, 0.25) is 5.91 Å². The molecule has 2 amide bonds. The summed E-state index contributed by atoms with van der Waals surface area (Å²) in [6.45, 7) is 8.31. The van der Waals surface area contributed by atoms with Gasteiger partial charge in [0.25, 0.3) is 5.91 Å². The van der Waals surface area contributed by atoms with Gasteiger partial charge in [-0.3, -0.25) is 19.3 Å². The first-order chi connectivity index (χ1) is 19.5. The first-order valence-corrected chi connectivity index (χ1v) is 14.4. The lowest BCUT2D eigenvalue weighted by molar-refractivity contribution is -0.160. The lowest BCUT2D eigenvalue weighted by Crippen LogP contribution is -2.45. The van der Waals surface area contributed by atoms with Crippen LogP contribution < -0.4 is 10.5 Å². The molecule has 2 aliphatic heterocycles. The second-order valence-corrected chi connectivity index (χ2v) is 12.4. The summed E-state index contributed by atoms with van der Waals surface area (Å²) >= 11 is 0. The summed E-state index contributed by atoms with van der Waals surface area (Å²) in [5, 5.41) is 0. The minimum absolute atomic E-state index is 0.0412. The molecule has 0 spiro atoms. The minimum atomic E-state index is -0.935. The van der Waals surface area contributed by atoms with Crippen LogP contribution in [0.4, 0.5) is 0 Å². The van der Waals surface area contributed by atoms with Gasteiger partial charge in [0.15, 0.2) is 0 Å². The fraction of sp³-hybridized carbons (Fsp3) is 0.500. The molecule has 3 atom stereocenters. The topological polar surface area (TPSA) is 119 Å². The van der Waals surface area contributed by atoms with E-state index in [0.29, 0.717) is 29.3 Å². The highest BCUT2D eigenvalue weighted by atomic mass is 16.6. The second-order valence-electron chi connectivity index (χ2n) is 12.4. The molecule has 2 aromatic rings. The van der Waals surface area contributed by atoms with Gasteiger partial charge in [-0.25, -0.2) is 4.79 Å². The maximum atomic E-state index is 13.4. The first-order valence-electron chi connectivity index (χ1n) is 14.4. The van der Waals surface area contributed by atoms with Crippen molar-refractivity contribution in [3.63, 3.8) is 0 Å². The van der Waals surface area contributed by atoms with E-state index in [0.717, 1.165) is 38.0 Å². The van der Waals surface area contributed by atoms with Crippen LogP contribution in [0.1, 0.15) is 73.5 Å². The molecule has 0 radical (unpaired) electrons. The van der Waals surface area contributed by atoms with E-state index in [2.05, 4.69) is 17.0 Å². The number of piperidine rings is 1. The van der Waals surface area contributed by atoms with E-state index < -0.39 is 23.5 Å². The number of benzene rings is 2. The summed E-state index contributed by atoms with van der Waals surface area (Å²) in [5.41, 5.74) is 7.98. The van der Waals surface area contributed by atoms with Gasteiger partial charge < -0.3 is 20.1 Å². The molecule has 2 aromatic carbocycles. The van der Waals surface area contributed by atoms with Crippen LogP contribution in [-0.2, 0) is 38.8 Å². The monoisotopic (exact) mass is 561 g/mol. The third kappa shape index (κ3) is 6.62. The molecule has 2 fully saturated rings. The zero-order valence-electron chi connectivity index (χ0n) is 24.1. The highest BCUT2D eigenvalue weighted by Crippen LogP contribution is 2.35. The number of Topliss-reactive ketones (excluding diaryl/α,β-unsaturated/α-hetero) is 1. The quantitative estimate of drug-likeness (QED) is 0.440. The number of esters is 1. The van der Waals surface area contributed by atoms with Gasteiger partial charge in [-0.05, 0) is 63.3 Å². The number of nitrogens with zero attached hydrogens (tertiary/aromatic N) is 2. The van der Waals surface area contributed by atoms with Crippen LogP contribution in [0.3, 0.4) is 0 Å². The number of ether oxygens (including phenoxy) is 2. The van der Waals surface area contributed by atoms with Crippen LogP contribution in [-0.4, -0.2) is 58.1 Å². The lowest BCUT2D eigenvalue weighted by Gasteiger charge is -2.30. The van der Waals surface area contributed by atoms with E-state index in [4.69, 9.17) is 15.2 Å². The molecule has 3 unspecified atom stereocenters. The van der Waals surface area contributed by atoms with Crippen LogP contribution in [0.25, 0.3) is 0 Å². The van der Waals surface area contributed by atoms with Crippen molar-refractivity contribution in [1.82, 2.24) is 9.80 Å². The van der Waals surface area contributed by atoms with E-state index in [9.17, 15) is 19.2 Å². The highest BCUT2D eigenvalue weighted by Gasteiger charge is 2.41. The van der Waals surface area contributed by atoms with Crippen LogP contribution >= 0.6 is 0 Å². The number of primary amides is 1. The standard InChI is InChI=1S/C32H39N3O6/c1-32(2,3)41-31(39)26(13-14-28(33)36)35-18-25-24(30(35)38)5-4-6-27(25)40-19-21-9-7-20(8-10-21)15-34-16-22-11-12-23(17-34)29(22)37/h4-10,22-23,26H,11-19H2,1-3H3,(H2,33,36). The smallest absolute Gasteiger partial charge is 0.329 e. The summed E-state index contributed by atoms with van der Waals surface area (Å²) in [4.78, 5) is 53.9. The zero-order valence-corrected chi connectivity index (χ0v) is 24.1. The fourth-order valence-corrected chi connectivity index (χ4v) is 6.13. The average Bonchev–Trinajstić information content (AvgIpc) is 3.32. The Bertz CT molecular complexity index is 1320. The number of carbonyl (C=O) groups is 4. The van der Waals surface area contributed by atoms with Gasteiger partial charge >= 0.3 is 5.97 Å². The fourth-order valence-electron chi connectivity index (χ4n) is 6.13. The number of rotatable bonds is 10. The number of likely N-dealkylation sites (tertiary alicyclic amines) is 1. The molecule has 1 saturated carbocycles. The molecular weight excluding hydrogens is 522 g/mol. The molecule has 1 aliphatic carbocycles. The maximum absolute atomic E-state index is 13.4. The van der Waals surface area contributed by atoms with Gasteiger partial charge in [-0.2, -0.15) is 0 Å². The molecule has 2 N–H and O–H groups in total. The summed E-state index contributed by atoms with van der Waals surface area (Å²) in [6, 6.07) is 12.7. The Hall–Kier alpha value is -3.72. The van der Waals surface area contributed by atoms with Crippen LogP contribution in [0.2, 0.25) is 0 Å². The van der Waals surface area contributed by atoms with Crippen LogP contribution in [0.5, 0.6) is 5.75 Å². The molecule has 2 bridgehead atoms. The second kappa shape index (κ2) is 11.6. The highest BCUT2D eigenvalue weighted by molar-refractivity contribution is 6.01. The Morgan fingerprint density at radius 1 is 1.00 bits per heavy atom. The molecular formula is C32H39N3O6.